The number of para-hydroxylation sites is 1. The summed E-state index contributed by atoms with van der Waals surface area (Å²) in [6, 6.07) is 6.28. The van der Waals surface area contributed by atoms with E-state index in [1.54, 1.807) is 0 Å². The van der Waals surface area contributed by atoms with Gasteiger partial charge in [-0.3, -0.25) is 0 Å². The van der Waals surface area contributed by atoms with Gasteiger partial charge in [0.05, 0.1) is 6.61 Å². The first kappa shape index (κ1) is 14.2. The van der Waals surface area contributed by atoms with Gasteiger partial charge in [0.1, 0.15) is 0 Å². The van der Waals surface area contributed by atoms with E-state index in [4.69, 9.17) is 4.74 Å². The van der Waals surface area contributed by atoms with Crippen molar-refractivity contribution in [3.05, 3.63) is 23.8 Å². The fourth-order valence-electron chi connectivity index (χ4n) is 2.86. The van der Waals surface area contributed by atoms with Crippen LogP contribution < -0.4 is 10.1 Å². The van der Waals surface area contributed by atoms with Gasteiger partial charge < -0.3 is 15.2 Å². The highest BCUT2D eigenvalue weighted by Crippen LogP contribution is 2.30. The second-order valence-corrected chi connectivity index (χ2v) is 5.55. The molecule has 1 aromatic carbocycles. The fraction of sp³-hybridized carbons (Fsp3) is 0.625. The minimum atomic E-state index is 0.278. The van der Waals surface area contributed by atoms with Crippen LogP contribution >= 0.6 is 0 Å². The van der Waals surface area contributed by atoms with Gasteiger partial charge >= 0.3 is 0 Å². The summed E-state index contributed by atoms with van der Waals surface area (Å²) in [5.41, 5.74) is 0.921. The zero-order chi connectivity index (χ0) is 13.7. The molecule has 2 atom stereocenters. The van der Waals surface area contributed by atoms with E-state index in [0.717, 1.165) is 11.5 Å². The van der Waals surface area contributed by atoms with E-state index < -0.39 is 0 Å². The van der Waals surface area contributed by atoms with Gasteiger partial charge in [-0.15, -0.1) is 0 Å². The Morgan fingerprint density at radius 2 is 2.21 bits per heavy atom. The summed E-state index contributed by atoms with van der Waals surface area (Å²) in [6.45, 7) is 5.53. The molecule has 1 saturated carbocycles. The van der Waals surface area contributed by atoms with Crippen LogP contribution in [0.15, 0.2) is 18.2 Å². The first-order valence-electron chi connectivity index (χ1n) is 7.37. The number of benzene rings is 1. The van der Waals surface area contributed by atoms with Crippen LogP contribution in [0.1, 0.15) is 45.1 Å². The van der Waals surface area contributed by atoms with Gasteiger partial charge in [0.15, 0.2) is 11.5 Å². The maximum atomic E-state index is 10.1. The molecule has 3 nitrogen and oxygen atoms in total. The molecule has 0 bridgehead atoms. The summed E-state index contributed by atoms with van der Waals surface area (Å²) < 4.78 is 5.41. The van der Waals surface area contributed by atoms with E-state index in [-0.39, 0.29) is 5.75 Å². The Kier molecular flexibility index (Phi) is 5.08. The standard InChI is InChI=1S/C16H25NO2/c1-3-19-15-9-5-7-13(16(15)18)11-17-14-8-4-6-12(2)10-14/h5,7,9,12,14,17-18H,3-4,6,8,10-11H2,1-2H3. The van der Waals surface area contributed by atoms with Crippen LogP contribution in [-0.2, 0) is 6.54 Å². The smallest absolute Gasteiger partial charge is 0.162 e. The first-order valence-corrected chi connectivity index (χ1v) is 7.37. The lowest BCUT2D eigenvalue weighted by Crippen LogP contribution is -2.33. The molecule has 3 heteroatoms. The summed E-state index contributed by atoms with van der Waals surface area (Å²) in [7, 11) is 0. The number of hydrogen-bond acceptors (Lipinski definition) is 3. The predicted octanol–water partition coefficient (Wildman–Crippen LogP) is 3.46. The Labute approximate surface area is 116 Å². The maximum Gasteiger partial charge on any atom is 0.162 e. The number of ether oxygens (including phenoxy) is 1. The lowest BCUT2D eigenvalue weighted by atomic mass is 9.87. The monoisotopic (exact) mass is 263 g/mol. The Morgan fingerprint density at radius 1 is 1.37 bits per heavy atom. The van der Waals surface area contributed by atoms with Gasteiger partial charge in [-0.05, 0) is 31.7 Å². The normalized spacial score (nSPS) is 23.3. The summed E-state index contributed by atoms with van der Waals surface area (Å²) >= 11 is 0. The van der Waals surface area contributed by atoms with Gasteiger partial charge in [-0.2, -0.15) is 0 Å². The summed E-state index contributed by atoms with van der Waals surface area (Å²) in [6.07, 6.45) is 5.15. The molecule has 19 heavy (non-hydrogen) atoms. The second kappa shape index (κ2) is 6.80. The third-order valence-corrected chi connectivity index (χ3v) is 3.90. The lowest BCUT2D eigenvalue weighted by molar-refractivity contribution is 0.296. The summed E-state index contributed by atoms with van der Waals surface area (Å²) in [4.78, 5) is 0. The molecule has 0 amide bonds. The van der Waals surface area contributed by atoms with Gasteiger partial charge in [0.25, 0.3) is 0 Å². The van der Waals surface area contributed by atoms with Crippen LogP contribution in [0.3, 0.4) is 0 Å². The minimum Gasteiger partial charge on any atom is -0.504 e. The van der Waals surface area contributed by atoms with Crippen molar-refractivity contribution >= 4 is 0 Å². The largest absolute Gasteiger partial charge is 0.504 e. The molecule has 0 aromatic heterocycles. The van der Waals surface area contributed by atoms with Gasteiger partial charge in [0.2, 0.25) is 0 Å². The highest BCUT2D eigenvalue weighted by molar-refractivity contribution is 5.45. The third-order valence-electron chi connectivity index (χ3n) is 3.90. The molecule has 2 rings (SSSR count). The number of aromatic hydroxyl groups is 1. The van der Waals surface area contributed by atoms with Crippen LogP contribution in [0.4, 0.5) is 0 Å². The van der Waals surface area contributed by atoms with Gasteiger partial charge in [0, 0.05) is 18.2 Å². The molecule has 1 fully saturated rings. The quantitative estimate of drug-likeness (QED) is 0.855. The van der Waals surface area contributed by atoms with Crippen LogP contribution in [0.5, 0.6) is 11.5 Å². The number of rotatable bonds is 5. The highest BCUT2D eigenvalue weighted by atomic mass is 16.5. The topological polar surface area (TPSA) is 41.5 Å². The first-order chi connectivity index (χ1) is 9.20. The molecule has 0 spiro atoms. The zero-order valence-electron chi connectivity index (χ0n) is 12.0. The van der Waals surface area contributed by atoms with Crippen molar-refractivity contribution in [2.75, 3.05) is 6.61 Å². The van der Waals surface area contributed by atoms with Gasteiger partial charge in [-0.1, -0.05) is 31.9 Å². The van der Waals surface area contributed by atoms with Gasteiger partial charge in [-0.25, -0.2) is 0 Å². The molecule has 1 aromatic rings. The third kappa shape index (κ3) is 3.87. The highest BCUT2D eigenvalue weighted by Gasteiger charge is 2.18. The van der Waals surface area contributed by atoms with E-state index in [0.29, 0.717) is 24.9 Å². The van der Waals surface area contributed by atoms with Crippen molar-refractivity contribution in [1.82, 2.24) is 5.32 Å². The maximum absolute atomic E-state index is 10.1. The molecule has 0 heterocycles. The van der Waals surface area contributed by atoms with Crippen molar-refractivity contribution in [3.63, 3.8) is 0 Å². The molecule has 2 N–H and O–H groups in total. The lowest BCUT2D eigenvalue weighted by Gasteiger charge is -2.27. The molecule has 0 aliphatic heterocycles. The van der Waals surface area contributed by atoms with E-state index in [1.165, 1.54) is 25.7 Å². The van der Waals surface area contributed by atoms with Crippen LogP contribution in [0.25, 0.3) is 0 Å². The van der Waals surface area contributed by atoms with Crippen molar-refractivity contribution in [1.29, 1.82) is 0 Å². The SMILES string of the molecule is CCOc1cccc(CNC2CCCC(C)C2)c1O. The number of phenols is 1. The Balaban J connectivity index is 1.93. The Morgan fingerprint density at radius 3 is 2.95 bits per heavy atom. The molecule has 1 aliphatic carbocycles. The molecule has 106 valence electrons. The Bertz CT molecular complexity index is 406. The van der Waals surface area contributed by atoms with E-state index in [2.05, 4.69) is 12.2 Å². The van der Waals surface area contributed by atoms with Crippen molar-refractivity contribution < 1.29 is 9.84 Å². The molecule has 2 unspecified atom stereocenters. The minimum absolute atomic E-state index is 0.278. The molecule has 0 radical (unpaired) electrons. The van der Waals surface area contributed by atoms with Crippen molar-refractivity contribution in [2.45, 2.75) is 52.1 Å². The van der Waals surface area contributed by atoms with Crippen LogP contribution in [-0.4, -0.2) is 17.8 Å². The predicted molar refractivity (Wildman–Crippen MR) is 77.5 cm³/mol. The number of hydrogen-bond donors (Lipinski definition) is 2. The molecular weight excluding hydrogens is 238 g/mol. The molecular formula is C16H25NO2. The van der Waals surface area contributed by atoms with Crippen molar-refractivity contribution in [3.8, 4) is 11.5 Å². The second-order valence-electron chi connectivity index (χ2n) is 5.55. The van der Waals surface area contributed by atoms with Crippen LogP contribution in [0.2, 0.25) is 0 Å². The number of phenolic OH excluding ortho intramolecular Hbond substituents is 1. The molecule has 1 aliphatic rings. The fourth-order valence-corrected chi connectivity index (χ4v) is 2.86. The molecule has 0 saturated heterocycles. The average molecular weight is 263 g/mol. The van der Waals surface area contributed by atoms with Crippen molar-refractivity contribution in [2.24, 2.45) is 5.92 Å². The average Bonchev–Trinajstić information content (AvgIpc) is 2.40. The Hall–Kier alpha value is -1.22. The van der Waals surface area contributed by atoms with E-state index in [9.17, 15) is 5.11 Å². The summed E-state index contributed by atoms with van der Waals surface area (Å²) in [5, 5.41) is 13.7. The van der Waals surface area contributed by atoms with E-state index in [1.807, 2.05) is 25.1 Å². The van der Waals surface area contributed by atoms with E-state index >= 15 is 0 Å². The number of nitrogens with one attached hydrogen (secondary N) is 1. The van der Waals surface area contributed by atoms with Crippen LogP contribution in [0, 0.1) is 5.92 Å². The zero-order valence-corrected chi connectivity index (χ0v) is 12.0. The summed E-state index contributed by atoms with van der Waals surface area (Å²) in [5.74, 6) is 1.68.